The topological polar surface area (TPSA) is 24.9 Å². The van der Waals surface area contributed by atoms with Gasteiger partial charge in [0.1, 0.15) is 0 Å². The van der Waals surface area contributed by atoms with Gasteiger partial charge in [-0.2, -0.15) is 0 Å². The largest absolute Gasteiger partial charge is 0.313 e. The maximum absolute atomic E-state index is 6.23. The van der Waals surface area contributed by atoms with Crippen LogP contribution in [0.15, 0.2) is 42.7 Å². The lowest BCUT2D eigenvalue weighted by atomic mass is 10.0. The molecule has 2 aromatic rings. The van der Waals surface area contributed by atoms with E-state index in [0.29, 0.717) is 6.04 Å². The van der Waals surface area contributed by atoms with Crippen molar-refractivity contribution in [2.45, 2.75) is 13.0 Å². The average molecular weight is 247 g/mol. The fourth-order valence-corrected chi connectivity index (χ4v) is 1.95. The molecule has 1 atom stereocenters. The third kappa shape index (κ3) is 2.65. The van der Waals surface area contributed by atoms with Gasteiger partial charge in [0.15, 0.2) is 0 Å². The summed E-state index contributed by atoms with van der Waals surface area (Å²) >= 11 is 6.23. The summed E-state index contributed by atoms with van der Waals surface area (Å²) in [4.78, 5) is 4.12. The first-order valence-electron chi connectivity index (χ1n) is 5.59. The Bertz CT molecular complexity index is 497. The lowest BCUT2D eigenvalue weighted by molar-refractivity contribution is 0.652. The number of nitrogens with one attached hydrogen (secondary N) is 1. The summed E-state index contributed by atoms with van der Waals surface area (Å²) in [6.07, 6.45) is 3.59. The molecule has 1 aromatic heterocycles. The van der Waals surface area contributed by atoms with Crippen molar-refractivity contribution in [3.8, 4) is 11.1 Å². The van der Waals surface area contributed by atoms with E-state index in [1.165, 1.54) is 5.56 Å². The zero-order valence-corrected chi connectivity index (χ0v) is 10.7. The van der Waals surface area contributed by atoms with E-state index in [0.717, 1.165) is 16.1 Å². The van der Waals surface area contributed by atoms with Crippen LogP contribution in [0.4, 0.5) is 0 Å². The Morgan fingerprint density at radius 2 is 2.12 bits per heavy atom. The van der Waals surface area contributed by atoms with E-state index in [2.05, 4.69) is 23.3 Å². The molecule has 2 nitrogen and oxygen atoms in total. The number of hydrogen-bond acceptors (Lipinski definition) is 2. The van der Waals surface area contributed by atoms with Crippen LogP contribution >= 0.6 is 11.6 Å². The van der Waals surface area contributed by atoms with Crippen LogP contribution in [-0.2, 0) is 0 Å². The molecule has 0 aliphatic rings. The molecule has 1 unspecified atom stereocenters. The van der Waals surface area contributed by atoms with Gasteiger partial charge < -0.3 is 5.32 Å². The van der Waals surface area contributed by atoms with Crippen molar-refractivity contribution in [3.63, 3.8) is 0 Å². The number of pyridine rings is 1. The second kappa shape index (κ2) is 5.30. The SMILES string of the molecule is CNC(C)c1ccc(Cl)c(-c2cccnc2)c1. The van der Waals surface area contributed by atoms with Gasteiger partial charge >= 0.3 is 0 Å². The molecule has 0 amide bonds. The van der Waals surface area contributed by atoms with E-state index in [1.807, 2.05) is 37.5 Å². The fraction of sp³-hybridized carbons (Fsp3) is 0.214. The Morgan fingerprint density at radius 1 is 1.29 bits per heavy atom. The highest BCUT2D eigenvalue weighted by Gasteiger charge is 2.08. The van der Waals surface area contributed by atoms with Crippen LogP contribution in [0.3, 0.4) is 0 Å². The predicted octanol–water partition coefficient (Wildman–Crippen LogP) is 3.68. The Morgan fingerprint density at radius 3 is 2.76 bits per heavy atom. The van der Waals surface area contributed by atoms with E-state index < -0.39 is 0 Å². The molecule has 2 rings (SSSR count). The molecule has 0 aliphatic heterocycles. The van der Waals surface area contributed by atoms with Crippen LogP contribution in [0.2, 0.25) is 5.02 Å². The summed E-state index contributed by atoms with van der Waals surface area (Å²) < 4.78 is 0. The van der Waals surface area contributed by atoms with E-state index >= 15 is 0 Å². The smallest absolute Gasteiger partial charge is 0.0485 e. The van der Waals surface area contributed by atoms with Gasteiger partial charge in [-0.15, -0.1) is 0 Å². The van der Waals surface area contributed by atoms with Crippen LogP contribution in [0, 0.1) is 0 Å². The van der Waals surface area contributed by atoms with Gasteiger partial charge in [0.25, 0.3) is 0 Å². The van der Waals surface area contributed by atoms with Crippen molar-refractivity contribution in [2.75, 3.05) is 7.05 Å². The quantitative estimate of drug-likeness (QED) is 0.894. The van der Waals surface area contributed by atoms with Gasteiger partial charge in [-0.1, -0.05) is 23.7 Å². The first-order valence-corrected chi connectivity index (χ1v) is 5.97. The highest BCUT2D eigenvalue weighted by Crippen LogP contribution is 2.29. The molecule has 0 saturated heterocycles. The summed E-state index contributed by atoms with van der Waals surface area (Å²) in [5.41, 5.74) is 3.29. The van der Waals surface area contributed by atoms with Gasteiger partial charge in [0.05, 0.1) is 0 Å². The monoisotopic (exact) mass is 246 g/mol. The van der Waals surface area contributed by atoms with E-state index in [9.17, 15) is 0 Å². The first kappa shape index (κ1) is 12.1. The number of nitrogens with zero attached hydrogens (tertiary/aromatic N) is 1. The minimum atomic E-state index is 0.308. The number of halogens is 1. The van der Waals surface area contributed by atoms with E-state index in [4.69, 9.17) is 11.6 Å². The highest BCUT2D eigenvalue weighted by atomic mass is 35.5. The molecule has 17 heavy (non-hydrogen) atoms. The average Bonchev–Trinajstić information content (AvgIpc) is 2.39. The molecule has 0 saturated carbocycles. The van der Waals surface area contributed by atoms with Crippen LogP contribution in [0.5, 0.6) is 0 Å². The van der Waals surface area contributed by atoms with Gasteiger partial charge in [-0.25, -0.2) is 0 Å². The number of hydrogen-bond donors (Lipinski definition) is 1. The molecule has 1 N–H and O–H groups in total. The first-order chi connectivity index (χ1) is 8.22. The van der Waals surface area contributed by atoms with E-state index in [-0.39, 0.29) is 0 Å². The van der Waals surface area contributed by atoms with Gasteiger partial charge in [-0.05, 0) is 37.7 Å². The Labute approximate surface area is 107 Å². The normalized spacial score (nSPS) is 12.4. The maximum atomic E-state index is 6.23. The van der Waals surface area contributed by atoms with Crippen molar-refractivity contribution < 1.29 is 0 Å². The highest BCUT2D eigenvalue weighted by molar-refractivity contribution is 6.33. The van der Waals surface area contributed by atoms with Crippen LogP contribution in [0.25, 0.3) is 11.1 Å². The van der Waals surface area contributed by atoms with Gasteiger partial charge in [-0.3, -0.25) is 4.98 Å². The third-order valence-corrected chi connectivity index (χ3v) is 3.23. The fourth-order valence-electron chi connectivity index (χ4n) is 1.72. The standard InChI is InChI=1S/C14H15ClN2/c1-10(16-2)11-5-6-14(15)13(8-11)12-4-3-7-17-9-12/h3-10,16H,1-2H3. The number of benzene rings is 1. The minimum absolute atomic E-state index is 0.308. The third-order valence-electron chi connectivity index (χ3n) is 2.90. The minimum Gasteiger partial charge on any atom is -0.313 e. The zero-order chi connectivity index (χ0) is 12.3. The Hall–Kier alpha value is -1.38. The second-order valence-electron chi connectivity index (χ2n) is 3.99. The molecule has 1 aromatic carbocycles. The van der Waals surface area contributed by atoms with E-state index in [1.54, 1.807) is 6.20 Å². The maximum Gasteiger partial charge on any atom is 0.0485 e. The second-order valence-corrected chi connectivity index (χ2v) is 4.40. The lowest BCUT2D eigenvalue weighted by Crippen LogP contribution is -2.12. The predicted molar refractivity (Wildman–Crippen MR) is 72.2 cm³/mol. The zero-order valence-electron chi connectivity index (χ0n) is 9.94. The molecule has 0 fully saturated rings. The molecule has 0 radical (unpaired) electrons. The van der Waals surface area contributed by atoms with Crippen LogP contribution in [0.1, 0.15) is 18.5 Å². The summed E-state index contributed by atoms with van der Waals surface area (Å²) in [5.74, 6) is 0. The Balaban J connectivity index is 2.47. The summed E-state index contributed by atoms with van der Waals surface area (Å²) in [6.45, 7) is 2.12. The summed E-state index contributed by atoms with van der Waals surface area (Å²) in [5, 5.41) is 3.98. The molecule has 3 heteroatoms. The number of rotatable bonds is 3. The Kier molecular flexibility index (Phi) is 3.77. The molecule has 88 valence electrons. The lowest BCUT2D eigenvalue weighted by Gasteiger charge is -2.13. The molecule has 0 aliphatic carbocycles. The van der Waals surface area contributed by atoms with Crippen molar-refractivity contribution in [1.29, 1.82) is 0 Å². The van der Waals surface area contributed by atoms with Crippen molar-refractivity contribution in [1.82, 2.24) is 10.3 Å². The molecule has 0 bridgehead atoms. The van der Waals surface area contributed by atoms with Gasteiger partial charge in [0.2, 0.25) is 0 Å². The van der Waals surface area contributed by atoms with Gasteiger partial charge in [0, 0.05) is 34.6 Å². The molecular weight excluding hydrogens is 232 g/mol. The van der Waals surface area contributed by atoms with Crippen LogP contribution in [-0.4, -0.2) is 12.0 Å². The number of aromatic nitrogens is 1. The molecule has 0 spiro atoms. The molecule has 1 heterocycles. The summed E-state index contributed by atoms with van der Waals surface area (Å²) in [6, 6.07) is 10.3. The molecular formula is C14H15ClN2. The summed E-state index contributed by atoms with van der Waals surface area (Å²) in [7, 11) is 1.95. The van der Waals surface area contributed by atoms with Crippen molar-refractivity contribution >= 4 is 11.6 Å². The van der Waals surface area contributed by atoms with Crippen molar-refractivity contribution in [2.24, 2.45) is 0 Å². The van der Waals surface area contributed by atoms with Crippen LogP contribution < -0.4 is 5.32 Å². The van der Waals surface area contributed by atoms with Crippen molar-refractivity contribution in [3.05, 3.63) is 53.3 Å².